The SMILES string of the molecule is CC(C)(C)SCc1noc(C(O)CN)n1. The van der Waals surface area contributed by atoms with Crippen LogP contribution in [-0.4, -0.2) is 26.5 Å². The summed E-state index contributed by atoms with van der Waals surface area (Å²) in [6.07, 6.45) is -0.856. The van der Waals surface area contributed by atoms with Gasteiger partial charge in [0.1, 0.15) is 6.10 Å². The molecule has 15 heavy (non-hydrogen) atoms. The molecule has 0 aliphatic carbocycles. The molecule has 6 heteroatoms. The average Bonchev–Trinajstić information content (AvgIpc) is 2.61. The van der Waals surface area contributed by atoms with Gasteiger partial charge in [-0.1, -0.05) is 25.9 Å². The zero-order valence-corrected chi connectivity index (χ0v) is 10.0. The zero-order chi connectivity index (χ0) is 11.5. The molecule has 0 bridgehead atoms. The highest BCUT2D eigenvalue weighted by Crippen LogP contribution is 2.26. The van der Waals surface area contributed by atoms with Crippen molar-refractivity contribution < 1.29 is 9.63 Å². The summed E-state index contributed by atoms with van der Waals surface area (Å²) in [5.74, 6) is 1.46. The molecule has 0 amide bonds. The van der Waals surface area contributed by atoms with E-state index >= 15 is 0 Å². The van der Waals surface area contributed by atoms with Gasteiger partial charge in [0.05, 0.1) is 5.75 Å². The van der Waals surface area contributed by atoms with Crippen molar-refractivity contribution in [3.05, 3.63) is 11.7 Å². The first-order chi connectivity index (χ1) is 6.92. The molecule has 0 radical (unpaired) electrons. The molecule has 0 saturated carbocycles. The van der Waals surface area contributed by atoms with E-state index in [4.69, 9.17) is 10.3 Å². The van der Waals surface area contributed by atoms with Gasteiger partial charge >= 0.3 is 0 Å². The van der Waals surface area contributed by atoms with Crippen LogP contribution >= 0.6 is 11.8 Å². The summed E-state index contributed by atoms with van der Waals surface area (Å²) in [7, 11) is 0. The number of hydrogen-bond donors (Lipinski definition) is 2. The Morgan fingerprint density at radius 1 is 1.53 bits per heavy atom. The highest BCUT2D eigenvalue weighted by Gasteiger charge is 2.16. The van der Waals surface area contributed by atoms with Crippen molar-refractivity contribution in [2.45, 2.75) is 37.4 Å². The van der Waals surface area contributed by atoms with Gasteiger partial charge in [0.15, 0.2) is 5.82 Å². The molecule has 1 rings (SSSR count). The van der Waals surface area contributed by atoms with E-state index in [-0.39, 0.29) is 17.2 Å². The molecule has 86 valence electrons. The monoisotopic (exact) mass is 231 g/mol. The zero-order valence-electron chi connectivity index (χ0n) is 9.23. The molecule has 0 aromatic carbocycles. The van der Waals surface area contributed by atoms with Gasteiger partial charge in [0, 0.05) is 11.3 Å². The highest BCUT2D eigenvalue weighted by atomic mass is 32.2. The minimum absolute atomic E-state index is 0.0913. The molecule has 0 aliphatic heterocycles. The predicted molar refractivity (Wildman–Crippen MR) is 59.4 cm³/mol. The van der Waals surface area contributed by atoms with Gasteiger partial charge in [0.25, 0.3) is 5.89 Å². The lowest BCUT2D eigenvalue weighted by Crippen LogP contribution is -2.12. The first-order valence-corrected chi connectivity index (χ1v) is 5.75. The molecule has 5 nitrogen and oxygen atoms in total. The van der Waals surface area contributed by atoms with Gasteiger partial charge in [-0.3, -0.25) is 0 Å². The van der Waals surface area contributed by atoms with Crippen LogP contribution in [-0.2, 0) is 5.75 Å². The first-order valence-electron chi connectivity index (χ1n) is 4.77. The molecule has 1 unspecified atom stereocenters. The Morgan fingerprint density at radius 3 is 2.73 bits per heavy atom. The fourth-order valence-corrected chi connectivity index (χ4v) is 1.52. The second kappa shape index (κ2) is 4.96. The van der Waals surface area contributed by atoms with Crippen LogP contribution in [0.4, 0.5) is 0 Å². The van der Waals surface area contributed by atoms with Gasteiger partial charge in [0.2, 0.25) is 0 Å². The summed E-state index contributed by atoms with van der Waals surface area (Å²) in [4.78, 5) is 4.06. The predicted octanol–water partition coefficient (Wildman–Crippen LogP) is 1.09. The van der Waals surface area contributed by atoms with Gasteiger partial charge in [-0.05, 0) is 0 Å². The third kappa shape index (κ3) is 4.19. The fourth-order valence-electron chi connectivity index (χ4n) is 0.843. The molecule has 0 saturated heterocycles. The van der Waals surface area contributed by atoms with E-state index in [2.05, 4.69) is 30.9 Å². The van der Waals surface area contributed by atoms with E-state index in [0.29, 0.717) is 11.6 Å². The third-order valence-electron chi connectivity index (χ3n) is 1.63. The molecule has 3 N–H and O–H groups in total. The lowest BCUT2D eigenvalue weighted by atomic mass is 10.3. The van der Waals surface area contributed by atoms with E-state index in [1.165, 1.54) is 0 Å². The molecular formula is C9H17N3O2S. The normalized spacial score (nSPS) is 14.2. The van der Waals surface area contributed by atoms with Crippen molar-refractivity contribution in [3.63, 3.8) is 0 Å². The van der Waals surface area contributed by atoms with Crippen molar-refractivity contribution in [2.24, 2.45) is 5.73 Å². The van der Waals surface area contributed by atoms with Crippen LogP contribution in [0.1, 0.15) is 38.6 Å². The van der Waals surface area contributed by atoms with Crippen molar-refractivity contribution in [1.29, 1.82) is 0 Å². The van der Waals surface area contributed by atoms with E-state index < -0.39 is 6.10 Å². The number of thioether (sulfide) groups is 1. The molecule has 0 aliphatic rings. The average molecular weight is 231 g/mol. The summed E-state index contributed by atoms with van der Waals surface area (Å²) < 4.78 is 5.04. The molecule has 1 aromatic heterocycles. The van der Waals surface area contributed by atoms with Crippen LogP contribution in [0.15, 0.2) is 4.52 Å². The molecule has 1 aromatic rings. The second-order valence-electron chi connectivity index (χ2n) is 4.20. The lowest BCUT2D eigenvalue weighted by molar-refractivity contribution is 0.141. The Kier molecular flexibility index (Phi) is 4.12. The lowest BCUT2D eigenvalue weighted by Gasteiger charge is -2.15. The minimum atomic E-state index is -0.856. The van der Waals surface area contributed by atoms with E-state index in [1.807, 2.05) is 0 Å². The summed E-state index contributed by atoms with van der Waals surface area (Å²) in [5.41, 5.74) is 5.27. The van der Waals surface area contributed by atoms with Crippen molar-refractivity contribution in [3.8, 4) is 0 Å². The minimum Gasteiger partial charge on any atom is -0.382 e. The van der Waals surface area contributed by atoms with Crippen LogP contribution < -0.4 is 5.73 Å². The number of rotatable bonds is 4. The van der Waals surface area contributed by atoms with Crippen molar-refractivity contribution in [1.82, 2.24) is 10.1 Å². The Balaban J connectivity index is 2.53. The van der Waals surface area contributed by atoms with E-state index in [9.17, 15) is 5.11 Å². The molecular weight excluding hydrogens is 214 g/mol. The molecule has 0 spiro atoms. The summed E-state index contributed by atoms with van der Waals surface area (Å²) in [5, 5.41) is 13.1. The Bertz CT molecular complexity index is 309. The number of hydrogen-bond acceptors (Lipinski definition) is 6. The van der Waals surface area contributed by atoms with Crippen LogP contribution in [0, 0.1) is 0 Å². The number of nitrogens with two attached hydrogens (primary N) is 1. The van der Waals surface area contributed by atoms with Crippen molar-refractivity contribution >= 4 is 11.8 Å². The van der Waals surface area contributed by atoms with Gasteiger partial charge in [-0.15, -0.1) is 11.8 Å². The number of aromatic nitrogens is 2. The Morgan fingerprint density at radius 2 is 2.20 bits per heavy atom. The van der Waals surface area contributed by atoms with Crippen LogP contribution in [0.3, 0.4) is 0 Å². The Labute approximate surface area is 93.4 Å². The van der Waals surface area contributed by atoms with Crippen LogP contribution in [0.2, 0.25) is 0 Å². The summed E-state index contributed by atoms with van der Waals surface area (Å²) >= 11 is 1.72. The van der Waals surface area contributed by atoms with E-state index in [1.54, 1.807) is 11.8 Å². The maximum atomic E-state index is 9.34. The molecule has 1 atom stereocenters. The van der Waals surface area contributed by atoms with Gasteiger partial charge in [-0.25, -0.2) is 0 Å². The maximum absolute atomic E-state index is 9.34. The topological polar surface area (TPSA) is 85.2 Å². The highest BCUT2D eigenvalue weighted by molar-refractivity contribution is 7.99. The van der Waals surface area contributed by atoms with Gasteiger partial charge < -0.3 is 15.4 Å². The largest absolute Gasteiger partial charge is 0.382 e. The second-order valence-corrected chi connectivity index (χ2v) is 6.00. The van der Waals surface area contributed by atoms with E-state index in [0.717, 1.165) is 0 Å². The number of nitrogens with zero attached hydrogens (tertiary/aromatic N) is 2. The van der Waals surface area contributed by atoms with Gasteiger partial charge in [-0.2, -0.15) is 4.98 Å². The smallest absolute Gasteiger partial charge is 0.256 e. The third-order valence-corrected chi connectivity index (χ3v) is 2.89. The standard InChI is InChI=1S/C9H17N3O2S/c1-9(2,3)15-5-7-11-8(14-12-7)6(13)4-10/h6,13H,4-5,10H2,1-3H3. The fraction of sp³-hybridized carbons (Fsp3) is 0.778. The molecule has 0 fully saturated rings. The number of aliphatic hydroxyl groups is 1. The molecule has 1 heterocycles. The van der Waals surface area contributed by atoms with Crippen LogP contribution in [0.5, 0.6) is 0 Å². The Hall–Kier alpha value is -0.590. The van der Waals surface area contributed by atoms with Crippen LogP contribution in [0.25, 0.3) is 0 Å². The quantitative estimate of drug-likeness (QED) is 0.807. The van der Waals surface area contributed by atoms with Crippen molar-refractivity contribution in [2.75, 3.05) is 6.54 Å². The summed E-state index contributed by atoms with van der Waals surface area (Å²) in [6, 6.07) is 0. The number of aliphatic hydroxyl groups excluding tert-OH is 1. The first kappa shape index (κ1) is 12.5. The maximum Gasteiger partial charge on any atom is 0.256 e. The summed E-state index contributed by atoms with van der Waals surface area (Å²) in [6.45, 7) is 6.45.